The minimum Gasteiger partial charge on any atom is -0.386 e. The fraction of sp³-hybridized carbons (Fsp3) is 0.500. The van der Waals surface area contributed by atoms with Crippen LogP contribution in [0.4, 0.5) is 14.5 Å². The van der Waals surface area contributed by atoms with E-state index in [2.05, 4.69) is 24.1 Å². The van der Waals surface area contributed by atoms with E-state index < -0.39 is 23.6 Å². The van der Waals surface area contributed by atoms with Gasteiger partial charge < -0.3 is 10.4 Å². The Hall–Kier alpha value is -2.45. The van der Waals surface area contributed by atoms with E-state index in [0.717, 1.165) is 34.0 Å². The molecular formula is C26H31F2N3O2S. The van der Waals surface area contributed by atoms with Gasteiger partial charge in [0, 0.05) is 17.2 Å². The molecule has 5 nitrogen and oxygen atoms in total. The van der Waals surface area contributed by atoms with Gasteiger partial charge in [-0.2, -0.15) is 0 Å². The molecule has 1 aliphatic rings. The van der Waals surface area contributed by atoms with Crippen molar-refractivity contribution in [3.05, 3.63) is 52.3 Å². The van der Waals surface area contributed by atoms with Gasteiger partial charge in [0.1, 0.15) is 11.4 Å². The molecule has 0 atom stereocenters. The van der Waals surface area contributed by atoms with Crippen molar-refractivity contribution >= 4 is 33.1 Å². The fourth-order valence-corrected chi connectivity index (χ4v) is 5.85. The predicted molar refractivity (Wildman–Crippen MR) is 132 cm³/mol. The Balaban J connectivity index is 1.64. The third kappa shape index (κ3) is 5.28. The molecule has 1 amide bonds. The van der Waals surface area contributed by atoms with Gasteiger partial charge in [-0.15, -0.1) is 11.3 Å². The van der Waals surface area contributed by atoms with Gasteiger partial charge in [-0.05, 0) is 75.6 Å². The first-order valence-corrected chi connectivity index (χ1v) is 12.6. The number of rotatable bonds is 6. The zero-order valence-electron chi connectivity index (χ0n) is 19.9. The number of aromatic nitrogens is 2. The van der Waals surface area contributed by atoms with Crippen molar-refractivity contribution in [2.45, 2.75) is 71.3 Å². The molecular weight excluding hydrogens is 456 g/mol. The van der Waals surface area contributed by atoms with Crippen LogP contribution in [0.15, 0.2) is 30.3 Å². The van der Waals surface area contributed by atoms with Crippen molar-refractivity contribution in [1.29, 1.82) is 0 Å². The zero-order chi connectivity index (χ0) is 24.6. The van der Waals surface area contributed by atoms with E-state index in [4.69, 9.17) is 4.98 Å². The number of amides is 1. The predicted octanol–water partition coefficient (Wildman–Crippen LogP) is 7.04. The molecule has 2 heterocycles. The first kappa shape index (κ1) is 24.7. The number of pyridine rings is 1. The summed E-state index contributed by atoms with van der Waals surface area (Å²) in [6.07, 6.45) is 1.90. The zero-order valence-corrected chi connectivity index (χ0v) is 20.8. The van der Waals surface area contributed by atoms with Crippen LogP contribution in [-0.2, 0) is 5.60 Å². The monoisotopic (exact) mass is 487 g/mol. The van der Waals surface area contributed by atoms with Crippen molar-refractivity contribution in [2.75, 3.05) is 5.32 Å². The number of anilines is 1. The number of hydrogen-bond donors (Lipinski definition) is 2. The lowest BCUT2D eigenvalue weighted by molar-refractivity contribution is 0.0794. The summed E-state index contributed by atoms with van der Waals surface area (Å²) < 4.78 is 26.9. The number of fused-ring (bicyclic) bond motifs is 1. The highest BCUT2D eigenvalue weighted by atomic mass is 32.1. The standard InChI is InChI=1S/C26H31F2N3O2S/c1-14(2)15-8-10-16(11-9-15)25-31-21-12-17(26(3,4)33)20(13-22(21)34-25)30-24(32)19-7-5-6-18(29-19)23(27)28/h5-7,12-16,23,33H,8-11H2,1-4H3,(H,30,32). The smallest absolute Gasteiger partial charge is 0.280 e. The Bertz CT molecular complexity index is 1180. The van der Waals surface area contributed by atoms with Gasteiger partial charge in [-0.1, -0.05) is 19.9 Å². The van der Waals surface area contributed by atoms with E-state index >= 15 is 0 Å². The maximum Gasteiger partial charge on any atom is 0.280 e. The van der Waals surface area contributed by atoms with Gasteiger partial charge in [-0.3, -0.25) is 4.79 Å². The summed E-state index contributed by atoms with van der Waals surface area (Å²) in [4.78, 5) is 21.5. The Morgan fingerprint density at radius 3 is 2.47 bits per heavy atom. The van der Waals surface area contributed by atoms with Crippen molar-refractivity contribution < 1.29 is 18.7 Å². The van der Waals surface area contributed by atoms with E-state index in [1.165, 1.54) is 31.0 Å². The number of halogens is 2. The van der Waals surface area contributed by atoms with Crippen molar-refractivity contribution in [2.24, 2.45) is 11.8 Å². The third-order valence-electron chi connectivity index (χ3n) is 6.74. The average Bonchev–Trinajstić information content (AvgIpc) is 3.21. The number of aliphatic hydroxyl groups is 1. The lowest BCUT2D eigenvalue weighted by Crippen LogP contribution is -2.21. The van der Waals surface area contributed by atoms with Gasteiger partial charge >= 0.3 is 0 Å². The molecule has 1 aromatic carbocycles. The molecule has 3 aromatic rings. The minimum absolute atomic E-state index is 0.105. The van der Waals surface area contributed by atoms with Crippen LogP contribution in [0.3, 0.4) is 0 Å². The number of nitrogens with one attached hydrogen (secondary N) is 1. The third-order valence-corrected chi connectivity index (χ3v) is 7.92. The molecule has 8 heteroatoms. The van der Waals surface area contributed by atoms with Crippen molar-refractivity contribution in [3.63, 3.8) is 0 Å². The van der Waals surface area contributed by atoms with Crippen molar-refractivity contribution in [3.8, 4) is 0 Å². The molecule has 1 fully saturated rings. The Morgan fingerprint density at radius 2 is 1.85 bits per heavy atom. The number of carbonyl (C=O) groups is 1. The lowest BCUT2D eigenvalue weighted by Gasteiger charge is -2.29. The van der Waals surface area contributed by atoms with E-state index in [9.17, 15) is 18.7 Å². The number of carbonyl (C=O) groups excluding carboxylic acids is 1. The van der Waals surface area contributed by atoms with Crippen LogP contribution in [0.2, 0.25) is 0 Å². The molecule has 2 aromatic heterocycles. The van der Waals surface area contributed by atoms with Crippen LogP contribution in [0.1, 0.15) is 92.5 Å². The molecule has 0 aliphatic heterocycles. The number of alkyl halides is 2. The summed E-state index contributed by atoms with van der Waals surface area (Å²) >= 11 is 1.62. The van der Waals surface area contributed by atoms with E-state index in [1.54, 1.807) is 25.2 Å². The molecule has 182 valence electrons. The highest BCUT2D eigenvalue weighted by molar-refractivity contribution is 7.18. The maximum atomic E-state index is 13.0. The van der Waals surface area contributed by atoms with Crippen LogP contribution in [-0.4, -0.2) is 21.0 Å². The Morgan fingerprint density at radius 1 is 1.15 bits per heavy atom. The topological polar surface area (TPSA) is 75.1 Å². The maximum absolute atomic E-state index is 13.0. The van der Waals surface area contributed by atoms with E-state index in [1.807, 2.05) is 12.1 Å². The summed E-state index contributed by atoms with van der Waals surface area (Å²) in [5.74, 6) is 1.29. The normalized spacial score (nSPS) is 19.2. The molecule has 1 aliphatic carbocycles. The van der Waals surface area contributed by atoms with Gasteiger partial charge in [0.2, 0.25) is 0 Å². The molecule has 34 heavy (non-hydrogen) atoms. The number of nitrogens with zero attached hydrogens (tertiary/aromatic N) is 2. The summed E-state index contributed by atoms with van der Waals surface area (Å²) in [5.41, 5.74) is -0.0732. The van der Waals surface area contributed by atoms with E-state index in [0.29, 0.717) is 23.1 Å². The summed E-state index contributed by atoms with van der Waals surface area (Å²) in [6.45, 7) is 7.85. The average molecular weight is 488 g/mol. The van der Waals surface area contributed by atoms with Crippen LogP contribution < -0.4 is 5.32 Å². The SMILES string of the molecule is CC(C)C1CCC(c2nc3cc(C(C)(C)O)c(NC(=O)c4cccc(C(F)F)n4)cc3s2)CC1. The Kier molecular flexibility index (Phi) is 7.01. The van der Waals surface area contributed by atoms with Crippen LogP contribution in [0.25, 0.3) is 10.2 Å². The van der Waals surface area contributed by atoms with Crippen molar-refractivity contribution in [1.82, 2.24) is 9.97 Å². The van der Waals surface area contributed by atoms with Gasteiger partial charge in [0.05, 0.1) is 20.8 Å². The molecule has 0 spiro atoms. The lowest BCUT2D eigenvalue weighted by atomic mass is 9.77. The summed E-state index contributed by atoms with van der Waals surface area (Å²) in [6, 6.07) is 7.59. The molecule has 1 saturated carbocycles. The fourth-order valence-electron chi connectivity index (χ4n) is 4.69. The second kappa shape index (κ2) is 9.66. The molecule has 0 bridgehead atoms. The highest BCUT2D eigenvalue weighted by Gasteiger charge is 2.28. The van der Waals surface area contributed by atoms with Crippen LogP contribution in [0.5, 0.6) is 0 Å². The number of benzene rings is 1. The highest BCUT2D eigenvalue weighted by Crippen LogP contribution is 2.42. The molecule has 4 rings (SSSR count). The molecule has 2 N–H and O–H groups in total. The first-order chi connectivity index (χ1) is 16.0. The van der Waals surface area contributed by atoms with Gasteiger partial charge in [0.15, 0.2) is 0 Å². The number of hydrogen-bond acceptors (Lipinski definition) is 5. The summed E-state index contributed by atoms with van der Waals surface area (Å²) in [5, 5.41) is 14.6. The van der Waals surface area contributed by atoms with Crippen LogP contribution in [0, 0.1) is 11.8 Å². The quantitative estimate of drug-likeness (QED) is 0.391. The molecule has 0 radical (unpaired) electrons. The van der Waals surface area contributed by atoms with Crippen LogP contribution >= 0.6 is 11.3 Å². The second-order valence-corrected chi connectivity index (χ2v) is 11.1. The number of thiazole rings is 1. The van der Waals surface area contributed by atoms with Gasteiger partial charge in [-0.25, -0.2) is 18.7 Å². The minimum atomic E-state index is -2.76. The Labute approximate surface area is 202 Å². The van der Waals surface area contributed by atoms with E-state index in [-0.39, 0.29) is 5.69 Å². The first-order valence-electron chi connectivity index (χ1n) is 11.8. The molecule has 0 unspecified atom stereocenters. The van der Waals surface area contributed by atoms with Gasteiger partial charge in [0.25, 0.3) is 12.3 Å². The molecule has 0 saturated heterocycles. The summed E-state index contributed by atoms with van der Waals surface area (Å²) in [7, 11) is 0. The second-order valence-electron chi connectivity index (χ2n) is 10.0. The largest absolute Gasteiger partial charge is 0.386 e.